The Labute approximate surface area is 198 Å². The van der Waals surface area contributed by atoms with E-state index < -0.39 is 5.97 Å². The van der Waals surface area contributed by atoms with Crippen LogP contribution in [0.1, 0.15) is 50.2 Å². The van der Waals surface area contributed by atoms with Crippen molar-refractivity contribution in [2.45, 2.75) is 59.0 Å². The minimum Gasteiger partial charge on any atom is -0.481 e. The fourth-order valence-electron chi connectivity index (χ4n) is 4.01. The molecule has 0 saturated heterocycles. The minimum absolute atomic E-state index is 0.301. The number of hydrogen-bond acceptors (Lipinski definition) is 6. The molecule has 0 unspecified atom stereocenters. The standard InChI is InChI=1S/C24H25N5O.C2H4O2/c1-15-10-21-23(26-12-15)29-22(28-21)17-8-9-20(25-13-17)18-11-16(2)24(27-14-18)30-19-6-4-3-5-7-19;1-2(3)4/h8-14,19H,3-7H2,1-2H3,(H,26,28,29);1H3,(H,3,4). The first-order valence-electron chi connectivity index (χ1n) is 11.5. The molecule has 0 radical (unpaired) electrons. The minimum atomic E-state index is -0.833. The number of nitrogens with zero attached hydrogens (tertiary/aromatic N) is 4. The number of carbonyl (C=O) groups is 1. The summed E-state index contributed by atoms with van der Waals surface area (Å²) in [5, 5.41) is 7.42. The molecule has 0 atom stereocenters. The summed E-state index contributed by atoms with van der Waals surface area (Å²) in [6, 6.07) is 8.17. The topological polar surface area (TPSA) is 114 Å². The average Bonchev–Trinajstić information content (AvgIpc) is 3.24. The number of hydrogen-bond donors (Lipinski definition) is 2. The summed E-state index contributed by atoms with van der Waals surface area (Å²) in [7, 11) is 0. The van der Waals surface area contributed by atoms with Gasteiger partial charge in [-0.1, -0.05) is 6.42 Å². The largest absolute Gasteiger partial charge is 0.481 e. The number of aromatic amines is 1. The zero-order valence-electron chi connectivity index (χ0n) is 19.7. The molecule has 0 spiro atoms. The second-order valence-electron chi connectivity index (χ2n) is 8.64. The van der Waals surface area contributed by atoms with Gasteiger partial charge in [0.15, 0.2) is 5.65 Å². The number of nitrogens with one attached hydrogen (secondary N) is 1. The van der Waals surface area contributed by atoms with E-state index in [1.807, 2.05) is 50.6 Å². The highest BCUT2D eigenvalue weighted by molar-refractivity contribution is 5.76. The summed E-state index contributed by atoms with van der Waals surface area (Å²) in [4.78, 5) is 30.5. The highest BCUT2D eigenvalue weighted by Gasteiger charge is 2.17. The van der Waals surface area contributed by atoms with Crippen molar-refractivity contribution in [1.29, 1.82) is 0 Å². The van der Waals surface area contributed by atoms with Crippen LogP contribution in [-0.4, -0.2) is 42.1 Å². The van der Waals surface area contributed by atoms with Crippen LogP contribution in [0.15, 0.2) is 42.9 Å². The van der Waals surface area contributed by atoms with Crippen LogP contribution in [0.25, 0.3) is 33.8 Å². The number of rotatable bonds is 4. The average molecular weight is 460 g/mol. The number of carboxylic acid groups (broad SMARTS) is 1. The van der Waals surface area contributed by atoms with Crippen molar-refractivity contribution in [3.05, 3.63) is 54.0 Å². The maximum absolute atomic E-state index is 9.00. The van der Waals surface area contributed by atoms with Gasteiger partial charge in [-0.05, 0) is 69.4 Å². The fraction of sp³-hybridized carbons (Fsp3) is 0.346. The Bertz CT molecular complexity index is 1270. The number of ether oxygens (including phenoxy) is 1. The summed E-state index contributed by atoms with van der Waals surface area (Å²) in [5.74, 6) is 0.681. The number of aryl methyl sites for hydroxylation is 2. The molecule has 4 aromatic rings. The van der Waals surface area contributed by atoms with Crippen LogP contribution in [-0.2, 0) is 4.79 Å². The van der Waals surface area contributed by atoms with Crippen molar-refractivity contribution < 1.29 is 14.6 Å². The van der Waals surface area contributed by atoms with Crippen LogP contribution in [0.5, 0.6) is 5.88 Å². The number of pyridine rings is 3. The summed E-state index contributed by atoms with van der Waals surface area (Å²) < 4.78 is 6.14. The molecule has 4 heterocycles. The number of fused-ring (bicyclic) bond motifs is 1. The smallest absolute Gasteiger partial charge is 0.300 e. The summed E-state index contributed by atoms with van der Waals surface area (Å²) in [6.07, 6.45) is 11.9. The Morgan fingerprint density at radius 2 is 1.74 bits per heavy atom. The Morgan fingerprint density at radius 1 is 1.00 bits per heavy atom. The van der Waals surface area contributed by atoms with E-state index in [0.29, 0.717) is 11.8 Å². The van der Waals surface area contributed by atoms with E-state index >= 15 is 0 Å². The predicted molar refractivity (Wildman–Crippen MR) is 131 cm³/mol. The molecule has 5 rings (SSSR count). The molecule has 176 valence electrons. The van der Waals surface area contributed by atoms with Crippen LogP contribution in [0, 0.1) is 13.8 Å². The van der Waals surface area contributed by atoms with Gasteiger partial charge in [0.1, 0.15) is 11.9 Å². The van der Waals surface area contributed by atoms with Gasteiger partial charge in [-0.2, -0.15) is 0 Å². The molecule has 1 aliphatic carbocycles. The number of aliphatic carboxylic acids is 1. The third-order valence-electron chi connectivity index (χ3n) is 5.67. The summed E-state index contributed by atoms with van der Waals surface area (Å²) in [5.41, 5.74) is 6.58. The third-order valence-corrected chi connectivity index (χ3v) is 5.67. The highest BCUT2D eigenvalue weighted by Crippen LogP contribution is 2.28. The predicted octanol–water partition coefficient (Wildman–Crippen LogP) is 5.50. The number of imidazole rings is 1. The molecule has 0 aromatic carbocycles. The molecule has 4 aromatic heterocycles. The third kappa shape index (κ3) is 5.75. The molecule has 0 bridgehead atoms. The van der Waals surface area contributed by atoms with Crippen LogP contribution in [0.3, 0.4) is 0 Å². The number of aromatic nitrogens is 5. The van der Waals surface area contributed by atoms with Crippen molar-refractivity contribution in [3.8, 4) is 28.5 Å². The zero-order chi connectivity index (χ0) is 24.1. The maximum Gasteiger partial charge on any atom is 0.300 e. The quantitative estimate of drug-likeness (QED) is 0.414. The van der Waals surface area contributed by atoms with Gasteiger partial charge in [0, 0.05) is 42.2 Å². The summed E-state index contributed by atoms with van der Waals surface area (Å²) >= 11 is 0. The number of carboxylic acids is 1. The first-order valence-corrected chi connectivity index (χ1v) is 11.5. The fourth-order valence-corrected chi connectivity index (χ4v) is 4.01. The first kappa shape index (κ1) is 23.4. The molecule has 0 aliphatic heterocycles. The Balaban J connectivity index is 0.000000636. The van der Waals surface area contributed by atoms with E-state index in [1.165, 1.54) is 19.3 Å². The molecule has 8 heteroatoms. The molecule has 34 heavy (non-hydrogen) atoms. The maximum atomic E-state index is 9.00. The van der Waals surface area contributed by atoms with Crippen LogP contribution >= 0.6 is 0 Å². The molecular weight excluding hydrogens is 430 g/mol. The second kappa shape index (κ2) is 10.4. The Kier molecular flexibility index (Phi) is 7.15. The van der Waals surface area contributed by atoms with Gasteiger partial charge in [-0.3, -0.25) is 9.78 Å². The van der Waals surface area contributed by atoms with Crippen molar-refractivity contribution in [3.63, 3.8) is 0 Å². The van der Waals surface area contributed by atoms with E-state index in [-0.39, 0.29) is 0 Å². The van der Waals surface area contributed by atoms with E-state index in [4.69, 9.17) is 14.6 Å². The van der Waals surface area contributed by atoms with E-state index in [1.54, 1.807) is 0 Å². The lowest BCUT2D eigenvalue weighted by atomic mass is 9.98. The van der Waals surface area contributed by atoms with Gasteiger partial charge in [-0.25, -0.2) is 15.0 Å². The van der Waals surface area contributed by atoms with Crippen molar-refractivity contribution in [2.75, 3.05) is 0 Å². The molecule has 8 nitrogen and oxygen atoms in total. The van der Waals surface area contributed by atoms with Gasteiger partial charge >= 0.3 is 0 Å². The first-order chi connectivity index (χ1) is 16.4. The van der Waals surface area contributed by atoms with E-state index in [9.17, 15) is 0 Å². The van der Waals surface area contributed by atoms with Gasteiger partial charge < -0.3 is 14.8 Å². The lowest BCUT2D eigenvalue weighted by molar-refractivity contribution is -0.134. The zero-order valence-corrected chi connectivity index (χ0v) is 19.7. The molecule has 1 saturated carbocycles. The number of H-pyrrole nitrogens is 1. The van der Waals surface area contributed by atoms with E-state index in [2.05, 4.69) is 31.0 Å². The van der Waals surface area contributed by atoms with Crippen molar-refractivity contribution in [1.82, 2.24) is 24.9 Å². The van der Waals surface area contributed by atoms with Gasteiger partial charge in [0.25, 0.3) is 5.97 Å². The van der Waals surface area contributed by atoms with Crippen molar-refractivity contribution in [2.24, 2.45) is 0 Å². The van der Waals surface area contributed by atoms with Crippen molar-refractivity contribution >= 4 is 17.1 Å². The van der Waals surface area contributed by atoms with Gasteiger partial charge in [-0.15, -0.1) is 0 Å². The Morgan fingerprint density at radius 3 is 2.41 bits per heavy atom. The lowest BCUT2D eigenvalue weighted by Crippen LogP contribution is -2.20. The second-order valence-corrected chi connectivity index (χ2v) is 8.64. The van der Waals surface area contributed by atoms with Gasteiger partial charge in [0.05, 0.1) is 11.2 Å². The lowest BCUT2D eigenvalue weighted by Gasteiger charge is -2.23. The summed E-state index contributed by atoms with van der Waals surface area (Å²) in [6.45, 7) is 5.15. The van der Waals surface area contributed by atoms with E-state index in [0.717, 1.165) is 64.9 Å². The molecular formula is C26H29N5O3. The van der Waals surface area contributed by atoms with Crippen LogP contribution < -0.4 is 4.74 Å². The molecule has 1 aliphatic rings. The van der Waals surface area contributed by atoms with Crippen LogP contribution in [0.4, 0.5) is 0 Å². The van der Waals surface area contributed by atoms with Crippen LogP contribution in [0.2, 0.25) is 0 Å². The Hall–Kier alpha value is -3.81. The molecule has 1 fully saturated rings. The van der Waals surface area contributed by atoms with Gasteiger partial charge in [0.2, 0.25) is 5.88 Å². The normalized spacial score (nSPS) is 13.9. The monoisotopic (exact) mass is 459 g/mol. The molecule has 2 N–H and O–H groups in total. The SMILES string of the molecule is CC(=O)O.Cc1cnc2nc(-c3ccc(-c4cnc(OC5CCCCC5)c(C)c4)nc3)[nH]c2c1. The highest BCUT2D eigenvalue weighted by atomic mass is 16.5. The molecule has 0 amide bonds.